The Kier molecular flexibility index (Phi) is 12.3. The third-order valence-electron chi connectivity index (χ3n) is 4.61. The number of Topliss-reactive ketones (excluding diaryl/α,β-unsaturated/α-hetero) is 1. The highest BCUT2D eigenvalue weighted by Gasteiger charge is 2.23. The van der Waals surface area contributed by atoms with Crippen LogP contribution in [-0.2, 0) is 4.79 Å². The lowest BCUT2D eigenvalue weighted by Crippen LogP contribution is -2.35. The van der Waals surface area contributed by atoms with Crippen LogP contribution in [0.3, 0.4) is 0 Å². The molecule has 0 aliphatic heterocycles. The molecule has 1 unspecified atom stereocenters. The first kappa shape index (κ1) is 22.9. The van der Waals surface area contributed by atoms with E-state index >= 15 is 0 Å². The van der Waals surface area contributed by atoms with Crippen molar-refractivity contribution in [2.24, 2.45) is 0 Å². The Morgan fingerprint density at radius 3 is 1.92 bits per heavy atom. The van der Waals surface area contributed by atoms with Crippen LogP contribution in [0, 0.1) is 0 Å². The summed E-state index contributed by atoms with van der Waals surface area (Å²) in [6, 6.07) is 9.19. The summed E-state index contributed by atoms with van der Waals surface area (Å²) >= 11 is 3.44. The fourth-order valence-electron chi connectivity index (χ4n) is 2.98. The molecule has 1 rings (SSSR count). The molecule has 0 aromatic heterocycles. The lowest BCUT2D eigenvalue weighted by molar-refractivity contribution is -0.131. The minimum absolute atomic E-state index is 0.0177. The maximum absolute atomic E-state index is 12.8. The van der Waals surface area contributed by atoms with Gasteiger partial charge in [0.1, 0.15) is 0 Å². The van der Waals surface area contributed by atoms with Gasteiger partial charge in [-0.2, -0.15) is 0 Å². The number of benzene rings is 1. The molecule has 0 bridgehead atoms. The summed E-state index contributed by atoms with van der Waals surface area (Å²) in [7, 11) is 0. The van der Waals surface area contributed by atoms with Crippen LogP contribution >= 0.6 is 15.9 Å². The van der Waals surface area contributed by atoms with E-state index in [0.29, 0.717) is 5.56 Å². The molecule has 26 heavy (non-hydrogen) atoms. The molecule has 0 N–H and O–H groups in total. The summed E-state index contributed by atoms with van der Waals surface area (Å²) in [6.07, 6.45) is 9.47. The van der Waals surface area contributed by atoms with E-state index in [1.165, 1.54) is 25.7 Å². The first-order chi connectivity index (χ1) is 12.6. The van der Waals surface area contributed by atoms with Crippen molar-refractivity contribution in [3.63, 3.8) is 0 Å². The number of unbranched alkanes of at least 4 members (excludes halogenated alkanes) is 6. The number of nitrogens with zero attached hydrogens (tertiary/aromatic N) is 1. The van der Waals surface area contributed by atoms with Crippen LogP contribution in [0.15, 0.2) is 30.3 Å². The highest BCUT2D eigenvalue weighted by atomic mass is 79.9. The Morgan fingerprint density at radius 1 is 0.885 bits per heavy atom. The molecule has 0 heterocycles. The maximum atomic E-state index is 12.8. The summed E-state index contributed by atoms with van der Waals surface area (Å²) < 4.78 is 0. The molecule has 146 valence electrons. The van der Waals surface area contributed by atoms with Gasteiger partial charge in [-0.1, -0.05) is 98.6 Å². The fraction of sp³-hybridized carbons (Fsp3) is 0.636. The number of hydrogen-bond donors (Lipinski definition) is 0. The summed E-state index contributed by atoms with van der Waals surface area (Å²) in [5.41, 5.74) is 0.652. The van der Waals surface area contributed by atoms with Crippen LogP contribution in [0.1, 0.15) is 82.0 Å². The third-order valence-corrected chi connectivity index (χ3v) is 5.35. The van der Waals surface area contributed by atoms with Gasteiger partial charge in [0.25, 0.3) is 0 Å². The number of hydrogen-bond acceptors (Lipinski definition) is 2. The summed E-state index contributed by atoms with van der Waals surface area (Å²) in [5.74, 6) is 0.0695. The average Bonchev–Trinajstić information content (AvgIpc) is 2.66. The molecule has 0 saturated carbocycles. The molecule has 1 atom stereocenters. The van der Waals surface area contributed by atoms with E-state index < -0.39 is 4.83 Å². The zero-order valence-corrected chi connectivity index (χ0v) is 18.0. The highest BCUT2D eigenvalue weighted by Crippen LogP contribution is 2.16. The Bertz CT molecular complexity index is 506. The van der Waals surface area contributed by atoms with Crippen LogP contribution in [0.4, 0.5) is 0 Å². The molecule has 0 aliphatic rings. The molecule has 0 radical (unpaired) electrons. The number of ketones is 1. The van der Waals surface area contributed by atoms with Crippen molar-refractivity contribution in [2.45, 2.75) is 76.5 Å². The molecule has 1 aromatic carbocycles. The molecule has 1 amide bonds. The molecule has 1 aromatic rings. The monoisotopic (exact) mass is 423 g/mol. The number of carbonyl (C=O) groups is 2. The zero-order chi connectivity index (χ0) is 19.2. The SMILES string of the molecule is CCCCCCN(CCCCCC)C(=O)CC(Br)C(=O)c1ccccc1. The normalized spacial score (nSPS) is 12.0. The van der Waals surface area contributed by atoms with E-state index in [4.69, 9.17) is 0 Å². The fourth-order valence-corrected chi connectivity index (χ4v) is 3.52. The van der Waals surface area contributed by atoms with Gasteiger partial charge in [0, 0.05) is 25.1 Å². The van der Waals surface area contributed by atoms with Crippen LogP contribution in [0.2, 0.25) is 0 Å². The van der Waals surface area contributed by atoms with Gasteiger partial charge in [-0.15, -0.1) is 0 Å². The molecule has 0 saturated heterocycles. The van der Waals surface area contributed by atoms with E-state index in [9.17, 15) is 9.59 Å². The van der Waals surface area contributed by atoms with Gasteiger partial charge in [-0.05, 0) is 12.8 Å². The van der Waals surface area contributed by atoms with E-state index in [1.807, 2.05) is 23.1 Å². The number of amides is 1. The predicted octanol–water partition coefficient (Wildman–Crippen LogP) is 6.01. The Morgan fingerprint density at radius 2 is 1.42 bits per heavy atom. The van der Waals surface area contributed by atoms with Gasteiger partial charge >= 0.3 is 0 Å². The van der Waals surface area contributed by atoms with Crippen molar-refractivity contribution < 1.29 is 9.59 Å². The molecule has 3 nitrogen and oxygen atoms in total. The van der Waals surface area contributed by atoms with Crippen molar-refractivity contribution in [3.8, 4) is 0 Å². The van der Waals surface area contributed by atoms with Gasteiger partial charge in [-0.3, -0.25) is 9.59 Å². The Balaban J connectivity index is 2.56. The molecular weight excluding hydrogens is 390 g/mol. The van der Waals surface area contributed by atoms with Gasteiger partial charge in [0.15, 0.2) is 5.78 Å². The Hall–Kier alpha value is -1.16. The van der Waals surface area contributed by atoms with Gasteiger partial charge < -0.3 is 4.90 Å². The summed E-state index contributed by atoms with van der Waals surface area (Å²) in [6.45, 7) is 6.00. The van der Waals surface area contributed by atoms with Gasteiger partial charge in [0.2, 0.25) is 5.91 Å². The lowest BCUT2D eigenvalue weighted by Gasteiger charge is -2.24. The number of alkyl halides is 1. The smallest absolute Gasteiger partial charge is 0.224 e. The van der Waals surface area contributed by atoms with E-state index in [-0.39, 0.29) is 18.1 Å². The zero-order valence-electron chi connectivity index (χ0n) is 16.4. The van der Waals surface area contributed by atoms with Crippen molar-refractivity contribution in [2.75, 3.05) is 13.1 Å². The number of carbonyl (C=O) groups excluding carboxylic acids is 2. The minimum atomic E-state index is -0.453. The Labute approximate surface area is 167 Å². The van der Waals surface area contributed by atoms with E-state index in [0.717, 1.165) is 38.8 Å². The van der Waals surface area contributed by atoms with Crippen molar-refractivity contribution >= 4 is 27.6 Å². The highest BCUT2D eigenvalue weighted by molar-refractivity contribution is 9.10. The second kappa shape index (κ2) is 14.0. The van der Waals surface area contributed by atoms with Crippen LogP contribution in [-0.4, -0.2) is 34.5 Å². The number of rotatable bonds is 14. The van der Waals surface area contributed by atoms with Gasteiger partial charge in [0.05, 0.1) is 4.83 Å². The van der Waals surface area contributed by atoms with E-state index in [1.54, 1.807) is 12.1 Å². The minimum Gasteiger partial charge on any atom is -0.343 e. The van der Waals surface area contributed by atoms with E-state index in [2.05, 4.69) is 29.8 Å². The summed E-state index contributed by atoms with van der Waals surface area (Å²) in [4.78, 5) is 26.8. The molecular formula is C22H34BrNO2. The lowest BCUT2D eigenvalue weighted by atomic mass is 10.1. The second-order valence-corrected chi connectivity index (χ2v) is 8.01. The van der Waals surface area contributed by atoms with Crippen LogP contribution < -0.4 is 0 Å². The van der Waals surface area contributed by atoms with Crippen LogP contribution in [0.25, 0.3) is 0 Å². The average molecular weight is 424 g/mol. The first-order valence-electron chi connectivity index (χ1n) is 10.1. The third kappa shape index (κ3) is 8.98. The van der Waals surface area contributed by atoms with Gasteiger partial charge in [-0.25, -0.2) is 0 Å². The maximum Gasteiger partial charge on any atom is 0.224 e. The summed E-state index contributed by atoms with van der Waals surface area (Å²) in [5, 5.41) is 0. The molecule has 0 aliphatic carbocycles. The van der Waals surface area contributed by atoms with Crippen LogP contribution in [0.5, 0.6) is 0 Å². The number of halogens is 1. The van der Waals surface area contributed by atoms with Crippen molar-refractivity contribution in [1.82, 2.24) is 4.90 Å². The molecule has 4 heteroatoms. The van der Waals surface area contributed by atoms with Crippen molar-refractivity contribution in [3.05, 3.63) is 35.9 Å². The van der Waals surface area contributed by atoms with Crippen molar-refractivity contribution in [1.29, 1.82) is 0 Å². The standard InChI is InChI=1S/C22H34BrNO2/c1-3-5-7-12-16-24(17-13-8-6-4-2)21(25)18-20(23)22(26)19-14-10-9-11-15-19/h9-11,14-15,20H,3-8,12-13,16-18H2,1-2H3. The topological polar surface area (TPSA) is 37.4 Å². The molecule has 0 fully saturated rings. The predicted molar refractivity (Wildman–Crippen MR) is 113 cm³/mol. The first-order valence-corrected chi connectivity index (χ1v) is 11.0. The second-order valence-electron chi connectivity index (χ2n) is 6.90. The molecule has 0 spiro atoms. The largest absolute Gasteiger partial charge is 0.343 e. The quantitative estimate of drug-likeness (QED) is 0.208.